The third-order valence-electron chi connectivity index (χ3n) is 8.54. The molecule has 2 N–H and O–H groups in total. The van der Waals surface area contributed by atoms with E-state index in [-0.39, 0.29) is 23.2 Å². The van der Waals surface area contributed by atoms with Crippen molar-refractivity contribution in [3.05, 3.63) is 148 Å². The van der Waals surface area contributed by atoms with Crippen molar-refractivity contribution in [2.45, 2.75) is 20.0 Å². The van der Waals surface area contributed by atoms with E-state index in [1.807, 2.05) is 42.5 Å². The molecule has 0 aliphatic carbocycles. The second-order valence-corrected chi connectivity index (χ2v) is 12.9. The summed E-state index contributed by atoms with van der Waals surface area (Å²) < 4.78 is 30.6. The molecule has 0 fully saturated rings. The van der Waals surface area contributed by atoms with Crippen LogP contribution in [0.15, 0.2) is 109 Å². The third kappa shape index (κ3) is 6.50. The van der Waals surface area contributed by atoms with Crippen LogP contribution in [0.5, 0.6) is 0 Å². The van der Waals surface area contributed by atoms with Crippen LogP contribution < -0.4 is 10.6 Å². The highest BCUT2D eigenvalue weighted by Gasteiger charge is 2.20. The van der Waals surface area contributed by atoms with Crippen LogP contribution in [0.3, 0.4) is 0 Å². The summed E-state index contributed by atoms with van der Waals surface area (Å²) in [7, 11) is 0. The monoisotopic (exact) mass is 711 g/mol. The van der Waals surface area contributed by atoms with E-state index in [4.69, 9.17) is 5.10 Å². The first kappa shape index (κ1) is 32.5. The van der Waals surface area contributed by atoms with E-state index in [0.717, 1.165) is 27.5 Å². The van der Waals surface area contributed by atoms with Gasteiger partial charge in [-0.1, -0.05) is 42.5 Å². The lowest BCUT2D eigenvalue weighted by atomic mass is 10.0. The summed E-state index contributed by atoms with van der Waals surface area (Å²) in [4.78, 5) is 31.5. The molecule has 4 aromatic heterocycles. The lowest BCUT2D eigenvalue weighted by Gasteiger charge is -2.07. The Balaban J connectivity index is 1.10. The minimum absolute atomic E-state index is 0.0657. The van der Waals surface area contributed by atoms with E-state index >= 15 is 0 Å². The number of fused-ring (bicyclic) bond motifs is 2. The number of amides is 2. The van der Waals surface area contributed by atoms with Gasteiger partial charge in [0.15, 0.2) is 17.3 Å². The van der Waals surface area contributed by atoms with Crippen molar-refractivity contribution in [3.8, 4) is 11.1 Å². The van der Waals surface area contributed by atoms with E-state index in [9.17, 15) is 18.4 Å². The number of carbonyl (C=O) groups is 2. The summed E-state index contributed by atoms with van der Waals surface area (Å²) in [5.74, 6) is -0.822. The van der Waals surface area contributed by atoms with Crippen molar-refractivity contribution in [1.82, 2.24) is 34.7 Å². The largest absolute Gasteiger partial charge is 0.304 e. The van der Waals surface area contributed by atoms with Crippen molar-refractivity contribution in [3.63, 3.8) is 0 Å². The average Bonchev–Trinajstić information content (AvgIpc) is 3.85. The molecule has 0 radical (unpaired) electrons. The molecular formula is C38H27F2N9O2S. The first-order chi connectivity index (χ1) is 25.3. The van der Waals surface area contributed by atoms with E-state index in [1.54, 1.807) is 58.3 Å². The SMILES string of the molecule is Cc1ncsc1C(=O)Nc1nn(Cc2ccc(F)cc2)c2ccc(-c3cnnc(C(=O)Nc4nn(Cc5ccc(F)cc5)c5ccccc45)c3)cc12. The molecule has 0 unspecified atom stereocenters. The number of aryl methyl sites for hydroxylation is 1. The summed E-state index contributed by atoms with van der Waals surface area (Å²) in [6.45, 7) is 2.48. The third-order valence-corrected chi connectivity index (χ3v) is 9.46. The van der Waals surface area contributed by atoms with Gasteiger partial charge in [0.1, 0.15) is 16.5 Å². The first-order valence-corrected chi connectivity index (χ1v) is 17.0. The summed E-state index contributed by atoms with van der Waals surface area (Å²) in [6, 6.07) is 27.1. The molecule has 0 saturated heterocycles. The standard InChI is InChI=1S/C38H27F2N9O2S/c1-22-34(52-21-41-22)38(51)44-36-30-16-25(10-15-33(30)49(47-36)20-24-8-13-28(40)14-9-24)26-17-31(45-42-18-26)37(50)43-35-29-4-2-3-5-32(29)48(46-35)19-23-6-11-27(39)12-7-23/h2-18,21H,19-20H2,1H3,(H,43,46,50)(H,44,47,51). The number of halogens is 2. The molecule has 0 spiro atoms. The Hall–Kier alpha value is -6.67. The van der Waals surface area contributed by atoms with Gasteiger partial charge >= 0.3 is 0 Å². The summed E-state index contributed by atoms with van der Waals surface area (Å²) in [5.41, 5.74) is 6.80. The second kappa shape index (κ2) is 13.6. The number of hydrogen-bond acceptors (Lipinski definition) is 8. The molecule has 8 rings (SSSR count). The smallest absolute Gasteiger partial charge is 0.277 e. The number of hydrogen-bond donors (Lipinski definition) is 2. The number of nitrogens with one attached hydrogen (secondary N) is 2. The normalized spacial score (nSPS) is 11.3. The summed E-state index contributed by atoms with van der Waals surface area (Å²) in [6.07, 6.45) is 1.55. The molecular weight excluding hydrogens is 685 g/mol. The zero-order valence-corrected chi connectivity index (χ0v) is 28.2. The van der Waals surface area contributed by atoms with Gasteiger partial charge in [-0.15, -0.1) is 16.4 Å². The molecule has 2 amide bonds. The average molecular weight is 712 g/mol. The van der Waals surface area contributed by atoms with Crippen LogP contribution in [0.4, 0.5) is 20.4 Å². The predicted octanol–water partition coefficient (Wildman–Crippen LogP) is 7.49. The van der Waals surface area contributed by atoms with Gasteiger partial charge in [0.05, 0.1) is 41.5 Å². The van der Waals surface area contributed by atoms with E-state index in [1.165, 1.54) is 35.6 Å². The quantitative estimate of drug-likeness (QED) is 0.159. The molecule has 4 aromatic carbocycles. The van der Waals surface area contributed by atoms with Gasteiger partial charge in [-0.05, 0) is 78.2 Å². The minimum atomic E-state index is -0.507. The summed E-state index contributed by atoms with van der Waals surface area (Å²) in [5, 5.41) is 24.8. The predicted molar refractivity (Wildman–Crippen MR) is 194 cm³/mol. The number of thiazole rings is 1. The number of nitrogens with zero attached hydrogens (tertiary/aromatic N) is 7. The zero-order valence-electron chi connectivity index (χ0n) is 27.4. The number of benzene rings is 4. The van der Waals surface area contributed by atoms with Gasteiger partial charge in [0, 0.05) is 16.3 Å². The van der Waals surface area contributed by atoms with Gasteiger partial charge in [-0.2, -0.15) is 15.3 Å². The highest BCUT2D eigenvalue weighted by atomic mass is 32.1. The molecule has 52 heavy (non-hydrogen) atoms. The molecule has 8 aromatic rings. The Bertz CT molecular complexity index is 2610. The van der Waals surface area contributed by atoms with Crippen LogP contribution in [-0.4, -0.2) is 46.6 Å². The van der Waals surface area contributed by atoms with Gasteiger partial charge in [-0.25, -0.2) is 13.8 Å². The van der Waals surface area contributed by atoms with Crippen molar-refractivity contribution >= 4 is 56.6 Å². The highest BCUT2D eigenvalue weighted by Crippen LogP contribution is 2.31. The van der Waals surface area contributed by atoms with E-state index in [0.29, 0.717) is 51.8 Å². The highest BCUT2D eigenvalue weighted by molar-refractivity contribution is 7.12. The zero-order chi connectivity index (χ0) is 35.8. The first-order valence-electron chi connectivity index (χ1n) is 16.1. The fourth-order valence-electron chi connectivity index (χ4n) is 5.93. The van der Waals surface area contributed by atoms with Crippen LogP contribution in [-0.2, 0) is 13.1 Å². The van der Waals surface area contributed by atoms with E-state index in [2.05, 4.69) is 30.9 Å². The number of anilines is 2. The lowest BCUT2D eigenvalue weighted by molar-refractivity contribution is 0.101. The molecule has 4 heterocycles. The van der Waals surface area contributed by atoms with Crippen LogP contribution in [0.25, 0.3) is 32.9 Å². The van der Waals surface area contributed by atoms with Crippen molar-refractivity contribution in [1.29, 1.82) is 0 Å². The second-order valence-electron chi connectivity index (χ2n) is 12.0. The van der Waals surface area contributed by atoms with Gasteiger partial charge in [-0.3, -0.25) is 19.0 Å². The fourth-order valence-corrected chi connectivity index (χ4v) is 6.63. The van der Waals surface area contributed by atoms with Crippen LogP contribution in [0.1, 0.15) is 37.0 Å². The molecule has 0 aliphatic heterocycles. The van der Waals surface area contributed by atoms with Gasteiger partial charge < -0.3 is 10.6 Å². The maximum Gasteiger partial charge on any atom is 0.277 e. The maximum absolute atomic E-state index is 13.6. The number of rotatable bonds is 9. The molecule has 0 bridgehead atoms. The topological polar surface area (TPSA) is 133 Å². The molecule has 0 aliphatic rings. The molecule has 14 heteroatoms. The van der Waals surface area contributed by atoms with Crippen LogP contribution in [0.2, 0.25) is 0 Å². The lowest BCUT2D eigenvalue weighted by Crippen LogP contribution is -2.15. The van der Waals surface area contributed by atoms with E-state index < -0.39 is 5.91 Å². The Morgan fingerprint density at radius 3 is 1.98 bits per heavy atom. The van der Waals surface area contributed by atoms with Crippen molar-refractivity contribution in [2.75, 3.05) is 10.6 Å². The van der Waals surface area contributed by atoms with Gasteiger partial charge in [0.2, 0.25) is 0 Å². The number of carbonyl (C=O) groups excluding carboxylic acids is 2. The Morgan fingerprint density at radius 1 is 0.712 bits per heavy atom. The van der Waals surface area contributed by atoms with Crippen molar-refractivity contribution in [2.24, 2.45) is 0 Å². The van der Waals surface area contributed by atoms with Crippen molar-refractivity contribution < 1.29 is 18.4 Å². The molecule has 0 atom stereocenters. The van der Waals surface area contributed by atoms with Crippen LogP contribution in [0, 0.1) is 18.6 Å². The Kier molecular flexibility index (Phi) is 8.49. The minimum Gasteiger partial charge on any atom is -0.304 e. The number of para-hydroxylation sites is 1. The summed E-state index contributed by atoms with van der Waals surface area (Å²) >= 11 is 1.24. The molecule has 256 valence electrons. The molecule has 11 nitrogen and oxygen atoms in total. The number of aromatic nitrogens is 7. The Morgan fingerprint density at radius 2 is 1.33 bits per heavy atom. The maximum atomic E-state index is 13.6. The van der Waals surface area contributed by atoms with Crippen LogP contribution >= 0.6 is 11.3 Å². The van der Waals surface area contributed by atoms with Gasteiger partial charge in [0.25, 0.3) is 11.8 Å². The Labute approximate surface area is 298 Å². The fraction of sp³-hybridized carbons (Fsp3) is 0.0789. The molecule has 0 saturated carbocycles.